The maximum absolute atomic E-state index is 12.6. The lowest BCUT2D eigenvalue weighted by molar-refractivity contribution is 0.122. The Balaban J connectivity index is 1.68. The van der Waals surface area contributed by atoms with Gasteiger partial charge in [0.1, 0.15) is 5.82 Å². The van der Waals surface area contributed by atoms with Crippen LogP contribution < -0.4 is 4.90 Å². The molecule has 3 heterocycles. The number of H-pyrrole nitrogens is 1. The minimum Gasteiger partial charge on any atom is -0.381 e. The fourth-order valence-corrected chi connectivity index (χ4v) is 4.58. The number of fused-ring (bicyclic) bond motifs is 1. The molecular formula is C21H26N4O4S. The number of benzene rings is 1. The van der Waals surface area contributed by atoms with E-state index in [1.807, 2.05) is 37.4 Å². The number of aromatic nitrogens is 3. The molecule has 8 nitrogen and oxygen atoms in total. The third-order valence-corrected chi connectivity index (χ3v) is 6.55. The normalized spacial score (nSPS) is 15.0. The molecule has 1 saturated heterocycles. The molecule has 1 fully saturated rings. The molecule has 0 spiro atoms. The van der Waals surface area contributed by atoms with Gasteiger partial charge < -0.3 is 19.4 Å². The van der Waals surface area contributed by atoms with Gasteiger partial charge in [-0.3, -0.25) is 0 Å². The molecule has 0 unspecified atom stereocenters. The lowest BCUT2D eigenvalue weighted by atomic mass is 10.1. The van der Waals surface area contributed by atoms with Crippen molar-refractivity contribution in [2.45, 2.75) is 12.7 Å². The van der Waals surface area contributed by atoms with E-state index in [0.717, 1.165) is 22.3 Å². The van der Waals surface area contributed by atoms with Crippen LogP contribution in [0.15, 0.2) is 36.5 Å². The summed E-state index contributed by atoms with van der Waals surface area (Å²) in [5.74, 6) is 1.09. The third-order valence-electron chi connectivity index (χ3n) is 5.02. The van der Waals surface area contributed by atoms with Crippen LogP contribution in [0.25, 0.3) is 22.3 Å². The van der Waals surface area contributed by atoms with Gasteiger partial charge in [-0.2, -0.15) is 0 Å². The summed E-state index contributed by atoms with van der Waals surface area (Å²) in [6.07, 6.45) is 1.88. The maximum Gasteiger partial charge on any atom is 0.161 e. The first-order chi connectivity index (χ1) is 14.5. The smallest absolute Gasteiger partial charge is 0.161 e. The second-order valence-electron chi connectivity index (χ2n) is 7.21. The van der Waals surface area contributed by atoms with Crippen molar-refractivity contribution in [2.24, 2.45) is 0 Å². The summed E-state index contributed by atoms with van der Waals surface area (Å²) in [6.45, 7) is 5.20. The summed E-state index contributed by atoms with van der Waals surface area (Å²) in [6, 6.07) is 9.71. The van der Waals surface area contributed by atoms with Gasteiger partial charge in [-0.15, -0.1) is 0 Å². The molecule has 0 saturated carbocycles. The number of hydrogen-bond acceptors (Lipinski definition) is 7. The van der Waals surface area contributed by atoms with Gasteiger partial charge in [-0.1, -0.05) is 0 Å². The van der Waals surface area contributed by atoms with Crippen molar-refractivity contribution in [1.29, 1.82) is 0 Å². The molecule has 0 amide bonds. The molecule has 4 rings (SSSR count). The second-order valence-corrected chi connectivity index (χ2v) is 9.39. The molecule has 0 aliphatic carbocycles. The number of rotatable bonds is 8. The van der Waals surface area contributed by atoms with Crippen LogP contribution in [0.1, 0.15) is 12.6 Å². The molecule has 1 aliphatic heterocycles. The minimum absolute atomic E-state index is 0.0254. The van der Waals surface area contributed by atoms with E-state index < -0.39 is 9.84 Å². The first-order valence-corrected chi connectivity index (χ1v) is 11.9. The molecule has 2 aromatic heterocycles. The van der Waals surface area contributed by atoms with E-state index in [-0.39, 0.29) is 18.1 Å². The zero-order valence-corrected chi connectivity index (χ0v) is 17.8. The highest BCUT2D eigenvalue weighted by atomic mass is 32.2. The molecule has 160 valence electrons. The summed E-state index contributed by atoms with van der Waals surface area (Å²) in [5, 5.41) is 1.05. The summed E-state index contributed by atoms with van der Waals surface area (Å²) >= 11 is 0. The van der Waals surface area contributed by atoms with Gasteiger partial charge in [0.2, 0.25) is 0 Å². The van der Waals surface area contributed by atoms with Gasteiger partial charge in [0, 0.05) is 48.4 Å². The average molecular weight is 431 g/mol. The van der Waals surface area contributed by atoms with Crippen LogP contribution >= 0.6 is 0 Å². The van der Waals surface area contributed by atoms with Crippen LogP contribution in [0.4, 0.5) is 5.82 Å². The molecular weight excluding hydrogens is 404 g/mol. The summed E-state index contributed by atoms with van der Waals surface area (Å²) in [4.78, 5) is 14.6. The van der Waals surface area contributed by atoms with E-state index in [2.05, 4.69) is 14.9 Å². The highest BCUT2D eigenvalue weighted by Crippen LogP contribution is 2.25. The predicted octanol–water partition coefficient (Wildman–Crippen LogP) is 2.41. The molecule has 0 bridgehead atoms. The monoisotopic (exact) mass is 430 g/mol. The zero-order chi connectivity index (χ0) is 21.0. The SMILES string of the molecule is CCOCCS(=O)(=O)Cc1cc(N2CCOCC2)nc(-c2ccc3[nH]ccc3c2)n1. The standard InChI is InChI=1S/C21H26N4O4S/c1-2-28-11-12-30(26,27)15-18-14-20(25-7-9-29-10-8-25)24-21(23-18)17-3-4-19-16(13-17)5-6-22-19/h3-6,13-14,22H,2,7-12,15H2,1H3. The van der Waals surface area contributed by atoms with E-state index >= 15 is 0 Å². The number of nitrogens with one attached hydrogen (secondary N) is 1. The van der Waals surface area contributed by atoms with Crippen LogP contribution in [0, 0.1) is 0 Å². The number of aromatic amines is 1. The Kier molecular flexibility index (Phi) is 6.31. The van der Waals surface area contributed by atoms with Crippen molar-refractivity contribution in [3.8, 4) is 11.4 Å². The molecule has 0 radical (unpaired) electrons. The number of sulfone groups is 1. The Morgan fingerprint density at radius 2 is 2.00 bits per heavy atom. The number of hydrogen-bond donors (Lipinski definition) is 1. The van der Waals surface area contributed by atoms with Gasteiger partial charge >= 0.3 is 0 Å². The Morgan fingerprint density at radius 1 is 1.17 bits per heavy atom. The number of morpholine rings is 1. The minimum atomic E-state index is -3.34. The quantitative estimate of drug-likeness (QED) is 0.548. The van der Waals surface area contributed by atoms with Gasteiger partial charge in [0.25, 0.3) is 0 Å². The van der Waals surface area contributed by atoms with Crippen LogP contribution in [-0.4, -0.2) is 68.6 Å². The third kappa shape index (κ3) is 4.97. The van der Waals surface area contributed by atoms with Gasteiger partial charge in [-0.05, 0) is 31.2 Å². The van der Waals surface area contributed by atoms with Crippen LogP contribution in [0.2, 0.25) is 0 Å². The lowest BCUT2D eigenvalue weighted by Gasteiger charge is -2.28. The molecule has 30 heavy (non-hydrogen) atoms. The highest BCUT2D eigenvalue weighted by molar-refractivity contribution is 7.90. The fourth-order valence-electron chi connectivity index (χ4n) is 3.46. The summed E-state index contributed by atoms with van der Waals surface area (Å²) < 4.78 is 35.8. The first-order valence-electron chi connectivity index (χ1n) is 10.1. The number of anilines is 1. The topological polar surface area (TPSA) is 97.4 Å². The van der Waals surface area contributed by atoms with Crippen molar-refractivity contribution in [3.63, 3.8) is 0 Å². The number of ether oxygens (including phenoxy) is 2. The van der Waals surface area contributed by atoms with Gasteiger partial charge in [0.15, 0.2) is 15.7 Å². The van der Waals surface area contributed by atoms with E-state index in [0.29, 0.717) is 44.4 Å². The molecule has 1 aromatic carbocycles. The van der Waals surface area contributed by atoms with E-state index in [4.69, 9.17) is 14.5 Å². The molecule has 1 N–H and O–H groups in total. The van der Waals surface area contributed by atoms with Crippen molar-refractivity contribution in [1.82, 2.24) is 15.0 Å². The van der Waals surface area contributed by atoms with E-state index in [1.165, 1.54) is 0 Å². The maximum atomic E-state index is 12.6. The zero-order valence-electron chi connectivity index (χ0n) is 17.0. The van der Waals surface area contributed by atoms with E-state index in [9.17, 15) is 8.42 Å². The Labute approximate surface area is 176 Å². The van der Waals surface area contributed by atoms with Crippen molar-refractivity contribution < 1.29 is 17.9 Å². The van der Waals surface area contributed by atoms with Crippen molar-refractivity contribution in [2.75, 3.05) is 50.2 Å². The summed E-state index contributed by atoms with van der Waals surface area (Å²) in [7, 11) is -3.34. The van der Waals surface area contributed by atoms with Gasteiger partial charge in [-0.25, -0.2) is 18.4 Å². The molecule has 1 aliphatic rings. The predicted molar refractivity (Wildman–Crippen MR) is 116 cm³/mol. The first kappa shape index (κ1) is 20.8. The Morgan fingerprint density at radius 3 is 2.80 bits per heavy atom. The highest BCUT2D eigenvalue weighted by Gasteiger charge is 2.19. The average Bonchev–Trinajstić information content (AvgIpc) is 3.22. The van der Waals surface area contributed by atoms with Crippen LogP contribution in [-0.2, 0) is 25.1 Å². The Bertz CT molecular complexity index is 1110. The second kappa shape index (κ2) is 9.11. The molecule has 0 atom stereocenters. The van der Waals surface area contributed by atoms with Crippen LogP contribution in [0.5, 0.6) is 0 Å². The summed E-state index contributed by atoms with van der Waals surface area (Å²) in [5.41, 5.74) is 2.37. The lowest BCUT2D eigenvalue weighted by Crippen LogP contribution is -2.37. The largest absolute Gasteiger partial charge is 0.381 e. The molecule has 9 heteroatoms. The van der Waals surface area contributed by atoms with Crippen molar-refractivity contribution >= 4 is 26.6 Å². The fraction of sp³-hybridized carbons (Fsp3) is 0.429. The van der Waals surface area contributed by atoms with Crippen LogP contribution in [0.3, 0.4) is 0 Å². The van der Waals surface area contributed by atoms with Gasteiger partial charge in [0.05, 0.1) is 37.0 Å². The molecule has 3 aromatic rings. The Hall–Kier alpha value is -2.49. The van der Waals surface area contributed by atoms with E-state index in [1.54, 1.807) is 6.07 Å². The van der Waals surface area contributed by atoms with Crippen molar-refractivity contribution in [3.05, 3.63) is 42.2 Å². The number of nitrogens with zero attached hydrogens (tertiary/aromatic N) is 3.